The average Bonchev–Trinajstić information content (AvgIpc) is 3.15. The molecule has 0 aromatic carbocycles. The Bertz CT molecular complexity index is 1240. The summed E-state index contributed by atoms with van der Waals surface area (Å²) in [6.45, 7) is 54.5. The molecule has 23 nitrogen and oxygen atoms in total. The van der Waals surface area contributed by atoms with E-state index in [4.69, 9.17) is 51.1 Å². The first-order valence-electron chi connectivity index (χ1n) is 40.6. The van der Waals surface area contributed by atoms with Crippen molar-refractivity contribution < 1.29 is 48.0 Å². The number of nitrogens with two attached hydrogens (primary N) is 8. The van der Waals surface area contributed by atoms with Crippen molar-refractivity contribution in [1.82, 2.24) is 42.5 Å². The fraction of sp³-hybridized carbons (Fsp3) is 1.00. The number of aliphatic hydroxyl groups excluding tert-OH is 4. The maximum atomic E-state index is 10.1. The van der Waals surface area contributed by atoms with E-state index in [-0.39, 0.29) is 36.8 Å². The zero-order valence-corrected chi connectivity index (χ0v) is 69.6. The third-order valence-electron chi connectivity index (χ3n) is 20.2. The minimum absolute atomic E-state index is 0. The van der Waals surface area contributed by atoms with Crippen molar-refractivity contribution in [2.75, 3.05) is 164 Å². The minimum atomic E-state index is -0.336. The van der Waals surface area contributed by atoms with E-state index >= 15 is 0 Å². The van der Waals surface area contributed by atoms with Gasteiger partial charge in [-0.15, -0.1) is 0 Å². The van der Waals surface area contributed by atoms with Gasteiger partial charge in [0, 0.05) is 52.4 Å². The van der Waals surface area contributed by atoms with Crippen LogP contribution in [0, 0.1) is 94.7 Å². The van der Waals surface area contributed by atoms with Gasteiger partial charge in [0.25, 0.3) is 0 Å². The summed E-state index contributed by atoms with van der Waals surface area (Å²) in [6.07, 6.45) is 17.1. The highest BCUT2D eigenvalue weighted by Gasteiger charge is 2.19. The molecule has 0 amide bonds. The Morgan fingerprint density at radius 1 is 0.238 bits per heavy atom. The van der Waals surface area contributed by atoms with Crippen molar-refractivity contribution in [3.05, 3.63) is 0 Å². The Kier molecular flexibility index (Phi) is 88.6. The molecule has 24 heteroatoms. The van der Waals surface area contributed by atoms with Gasteiger partial charge in [0.2, 0.25) is 0 Å². The molecular weight excluding hydrogens is 1300 g/mol. The van der Waals surface area contributed by atoms with Gasteiger partial charge in [0.15, 0.2) is 0 Å². The second-order valence-electron chi connectivity index (χ2n) is 30.9. The summed E-state index contributed by atoms with van der Waals surface area (Å²) in [4.78, 5) is 3.60. The predicted octanol–water partition coefficient (Wildman–Crippen LogP) is 3.24. The van der Waals surface area contributed by atoms with Crippen molar-refractivity contribution in [3.8, 4) is 0 Å². The fourth-order valence-corrected chi connectivity index (χ4v) is 12.9. The van der Waals surface area contributed by atoms with Gasteiger partial charge in [-0.3, -0.25) is 0 Å². The predicted molar refractivity (Wildman–Crippen MR) is 431 cm³/mol. The van der Waals surface area contributed by atoms with Gasteiger partial charge in [-0.25, -0.2) is 10.1 Å². The highest BCUT2D eigenvalue weighted by molar-refractivity contribution is 4.76. The largest absolute Gasteiger partial charge is 1.00 e. The van der Waals surface area contributed by atoms with E-state index in [1.165, 1.54) is 7.11 Å². The molecule has 0 spiro atoms. The van der Waals surface area contributed by atoms with Crippen molar-refractivity contribution >= 4 is 0 Å². The van der Waals surface area contributed by atoms with Crippen LogP contribution in [0.3, 0.4) is 0 Å². The van der Waals surface area contributed by atoms with Crippen LogP contribution in [-0.2, 0) is 9.93 Å². The highest BCUT2D eigenvalue weighted by Crippen LogP contribution is 2.19. The van der Waals surface area contributed by atoms with E-state index in [0.717, 1.165) is 207 Å². The van der Waals surface area contributed by atoms with Crippen LogP contribution >= 0.6 is 0 Å². The maximum absolute atomic E-state index is 10.1. The molecule has 0 saturated carbocycles. The topological polar surface area (TPSA) is 424 Å². The van der Waals surface area contributed by atoms with Gasteiger partial charge in [-0.05, 0) is 251 Å². The molecule has 29 N–H and O–H groups in total. The van der Waals surface area contributed by atoms with Crippen LogP contribution in [0.1, 0.15) is 214 Å². The van der Waals surface area contributed by atoms with Crippen molar-refractivity contribution in [1.29, 1.82) is 0 Å². The molecule has 0 aliphatic heterocycles. The first-order chi connectivity index (χ1) is 47.8. The van der Waals surface area contributed by atoms with Gasteiger partial charge in [-0.2, -0.15) is 0 Å². The van der Waals surface area contributed by atoms with Crippen LogP contribution in [0.2, 0.25) is 0 Å². The molecule has 0 heterocycles. The second-order valence-corrected chi connectivity index (χ2v) is 30.9. The van der Waals surface area contributed by atoms with E-state index in [1.807, 2.05) is 0 Å². The van der Waals surface area contributed by atoms with E-state index < -0.39 is 0 Å². The standard InChI is InChI=1S/4C19H44N4O.CH4O3.ClH/c4*1-5-17(9-20)7-15(3)11-22-13-19(24)14-23-12-16(4)8-18(6-2)10-21;1-3-4-2;/h4*15-19,22-24H,5-14,20-21H2,1-4H3;2H,1H3;1H/p-1. The van der Waals surface area contributed by atoms with E-state index in [1.54, 1.807) is 0 Å². The lowest BCUT2D eigenvalue weighted by Gasteiger charge is -2.21. The molecular formula is C77H180ClN16O7-. The Morgan fingerprint density at radius 3 is 0.406 bits per heavy atom. The first kappa shape index (κ1) is 111. The normalized spacial score (nSPS) is 17.5. The summed E-state index contributed by atoms with van der Waals surface area (Å²) >= 11 is 0. The smallest absolute Gasteiger partial charge is 0.0788 e. The van der Waals surface area contributed by atoms with Crippen LogP contribution in [-0.4, -0.2) is 214 Å². The van der Waals surface area contributed by atoms with Gasteiger partial charge in [-0.1, -0.05) is 167 Å². The van der Waals surface area contributed by atoms with E-state index in [0.29, 0.717) is 147 Å². The average molecular weight is 1480 g/mol. The molecule has 0 rings (SSSR count). The van der Waals surface area contributed by atoms with Crippen LogP contribution < -0.4 is 101 Å². The molecule has 16 atom stereocenters. The summed E-state index contributed by atoms with van der Waals surface area (Å²) in [5, 5.41) is 77.5. The number of rotatable bonds is 65. The molecule has 0 aliphatic carbocycles. The molecule has 0 radical (unpaired) electrons. The van der Waals surface area contributed by atoms with Crippen LogP contribution in [0.15, 0.2) is 0 Å². The SMILES string of the molecule is CCC(CN)CC(C)CNCC(O)CNCC(C)CC(CC)CN.CCC(CN)CC(C)CNCC(O)CNCC(C)CC(CC)CN.CCC(CN)CC(C)CNCC(O)CNCC(C)CC(CC)CN.CCC(CN)CC(C)CNCC(O)CNCC(C)CC(CC)CN.COOO.[Cl-]. The van der Waals surface area contributed by atoms with Gasteiger partial charge in [0.1, 0.15) is 0 Å². The highest BCUT2D eigenvalue weighted by atomic mass is 35.5. The van der Waals surface area contributed by atoms with Crippen LogP contribution in [0.4, 0.5) is 0 Å². The molecule has 0 aromatic heterocycles. The first-order valence-corrected chi connectivity index (χ1v) is 40.6. The van der Waals surface area contributed by atoms with Crippen molar-refractivity contribution in [3.63, 3.8) is 0 Å². The number of aliphatic hydroxyl groups is 4. The summed E-state index contributed by atoms with van der Waals surface area (Å²) in [6, 6.07) is 0. The lowest BCUT2D eigenvalue weighted by atomic mass is 9.93. The van der Waals surface area contributed by atoms with Gasteiger partial charge < -0.3 is 121 Å². The lowest BCUT2D eigenvalue weighted by Crippen LogP contribution is -3.00. The molecule has 618 valence electrons. The molecule has 0 bridgehead atoms. The quantitative estimate of drug-likeness (QED) is 0.0307. The van der Waals surface area contributed by atoms with E-state index in [2.05, 4.69) is 163 Å². The van der Waals surface area contributed by atoms with Crippen molar-refractivity contribution in [2.45, 2.75) is 238 Å². The molecule has 0 fully saturated rings. The Hall–Kier alpha value is -0.630. The van der Waals surface area contributed by atoms with Gasteiger partial charge in [0.05, 0.1) is 31.5 Å². The number of hydrogen-bond donors (Lipinski definition) is 21. The monoisotopic (exact) mass is 1480 g/mol. The zero-order chi connectivity index (χ0) is 76.9. The number of nitrogens with one attached hydrogen (secondary N) is 8. The van der Waals surface area contributed by atoms with Gasteiger partial charge >= 0.3 is 0 Å². The lowest BCUT2D eigenvalue weighted by molar-refractivity contribution is -0.479. The van der Waals surface area contributed by atoms with Crippen LogP contribution in [0.25, 0.3) is 0 Å². The molecule has 0 saturated heterocycles. The summed E-state index contributed by atoms with van der Waals surface area (Å²) in [5.41, 5.74) is 46.1. The molecule has 101 heavy (non-hydrogen) atoms. The number of hydrogen-bond acceptors (Lipinski definition) is 23. The maximum Gasteiger partial charge on any atom is 0.0788 e. The molecule has 0 aliphatic rings. The third-order valence-corrected chi connectivity index (χ3v) is 20.2. The zero-order valence-electron chi connectivity index (χ0n) is 68.9. The third kappa shape index (κ3) is 74.6. The Balaban J connectivity index is -0.000000291. The Morgan fingerprint density at radius 2 is 0.337 bits per heavy atom. The van der Waals surface area contributed by atoms with E-state index in [9.17, 15) is 20.4 Å². The molecule has 16 unspecified atom stereocenters. The summed E-state index contributed by atoms with van der Waals surface area (Å²) < 4.78 is 0. The number of halogens is 1. The summed E-state index contributed by atoms with van der Waals surface area (Å²) in [7, 11) is 1.21. The van der Waals surface area contributed by atoms with Crippen LogP contribution in [0.5, 0.6) is 0 Å². The molecule has 0 aromatic rings. The fourth-order valence-electron chi connectivity index (χ4n) is 12.9. The Labute approximate surface area is 630 Å². The summed E-state index contributed by atoms with van der Waals surface area (Å²) in [5.74, 6) is 9.75. The second kappa shape index (κ2) is 80.4. The van der Waals surface area contributed by atoms with Crippen molar-refractivity contribution in [2.24, 2.45) is 141 Å². The minimum Gasteiger partial charge on any atom is -1.00 e.